The molecule has 0 atom stereocenters. The van der Waals surface area contributed by atoms with Gasteiger partial charge >= 0.3 is 6.01 Å². The van der Waals surface area contributed by atoms with E-state index in [-0.39, 0.29) is 33.0 Å². The summed E-state index contributed by atoms with van der Waals surface area (Å²) in [5, 5.41) is 0.517. The lowest BCUT2D eigenvalue weighted by Gasteiger charge is -2.04. The molecule has 2 aromatic heterocycles. The van der Waals surface area contributed by atoms with Gasteiger partial charge in [0.2, 0.25) is 10.4 Å². The molecule has 3 N–H and O–H groups in total. The number of anilines is 1. The predicted octanol–water partition coefficient (Wildman–Crippen LogP) is 1.13. The molecule has 0 saturated carbocycles. The molecule has 0 bridgehead atoms. The summed E-state index contributed by atoms with van der Waals surface area (Å²) in [7, 11) is 0. The molecule has 0 radical (unpaired) electrons. The Bertz CT molecular complexity index is 664. The van der Waals surface area contributed by atoms with E-state index in [9.17, 15) is 4.79 Å². The second-order valence-corrected chi connectivity index (χ2v) is 4.89. The van der Waals surface area contributed by atoms with E-state index in [1.807, 2.05) is 6.92 Å². The van der Waals surface area contributed by atoms with Gasteiger partial charge < -0.3 is 15.5 Å². The molecule has 2 heterocycles. The number of hydrogen-bond acceptors (Lipinski definition) is 8. The fourth-order valence-corrected chi connectivity index (χ4v) is 2.14. The first-order valence-electron chi connectivity index (χ1n) is 5.66. The van der Waals surface area contributed by atoms with Gasteiger partial charge in [-0.25, -0.2) is 4.98 Å². The number of nitrogens with two attached hydrogens (primary N) is 1. The summed E-state index contributed by atoms with van der Waals surface area (Å²) < 4.78 is 5.28. The molecule has 0 unspecified atom stereocenters. The van der Waals surface area contributed by atoms with Crippen molar-refractivity contribution >= 4 is 29.2 Å². The molecule has 0 fully saturated rings. The molecule has 20 heavy (non-hydrogen) atoms. The van der Waals surface area contributed by atoms with E-state index in [1.54, 1.807) is 0 Å². The van der Waals surface area contributed by atoms with Crippen molar-refractivity contribution in [1.82, 2.24) is 24.9 Å². The summed E-state index contributed by atoms with van der Waals surface area (Å²) in [6.45, 7) is 2.43. The highest BCUT2D eigenvalue weighted by Crippen LogP contribution is 2.23. The van der Waals surface area contributed by atoms with Gasteiger partial charge in [0.1, 0.15) is 5.82 Å². The lowest BCUT2D eigenvalue weighted by molar-refractivity contribution is 0.288. The van der Waals surface area contributed by atoms with Gasteiger partial charge in [0.15, 0.2) is 5.16 Å². The maximum absolute atomic E-state index is 11.3. The van der Waals surface area contributed by atoms with Crippen molar-refractivity contribution in [2.45, 2.75) is 23.7 Å². The lowest BCUT2D eigenvalue weighted by atomic mass is 10.5. The van der Waals surface area contributed by atoms with Crippen LogP contribution in [0.25, 0.3) is 0 Å². The summed E-state index contributed by atoms with van der Waals surface area (Å²) >= 11 is 6.79. The monoisotopic (exact) mass is 314 g/mol. The minimum Gasteiger partial charge on any atom is -0.463 e. The maximum atomic E-state index is 11.3. The van der Waals surface area contributed by atoms with Crippen molar-refractivity contribution in [1.29, 1.82) is 0 Å². The van der Waals surface area contributed by atoms with Crippen molar-refractivity contribution in [2.75, 3.05) is 12.3 Å². The Kier molecular flexibility index (Phi) is 4.74. The third kappa shape index (κ3) is 4.07. The molecular weight excluding hydrogens is 304 g/mol. The Morgan fingerprint density at radius 1 is 1.40 bits per heavy atom. The van der Waals surface area contributed by atoms with Gasteiger partial charge in [-0.2, -0.15) is 15.0 Å². The van der Waals surface area contributed by atoms with E-state index in [4.69, 9.17) is 22.1 Å². The normalized spacial score (nSPS) is 10.5. The zero-order valence-electron chi connectivity index (χ0n) is 10.5. The minimum atomic E-state index is -0.359. The summed E-state index contributed by atoms with van der Waals surface area (Å²) in [5.74, 6) is 0.110. The molecule has 10 heteroatoms. The van der Waals surface area contributed by atoms with Crippen molar-refractivity contribution in [3.8, 4) is 6.01 Å². The van der Waals surface area contributed by atoms with Crippen LogP contribution in [0.5, 0.6) is 6.01 Å². The van der Waals surface area contributed by atoms with E-state index in [2.05, 4.69) is 24.9 Å². The first-order chi connectivity index (χ1) is 9.56. The molecule has 0 aromatic carbocycles. The summed E-state index contributed by atoms with van der Waals surface area (Å²) in [6.07, 6.45) is 0.815. The number of aromatic amines is 1. The number of nitrogens with one attached hydrogen (secondary N) is 1. The number of H-pyrrole nitrogens is 1. The maximum Gasteiger partial charge on any atom is 0.321 e. The Balaban J connectivity index is 2.23. The van der Waals surface area contributed by atoms with Crippen LogP contribution in [0.4, 0.5) is 5.82 Å². The number of aromatic nitrogens is 5. The first kappa shape index (κ1) is 14.5. The highest BCUT2D eigenvalue weighted by Gasteiger charge is 2.09. The fourth-order valence-electron chi connectivity index (χ4n) is 1.21. The van der Waals surface area contributed by atoms with E-state index >= 15 is 0 Å². The number of ether oxygens (including phenoxy) is 1. The molecule has 0 aliphatic heterocycles. The molecule has 106 valence electrons. The van der Waals surface area contributed by atoms with Crippen molar-refractivity contribution in [2.24, 2.45) is 0 Å². The van der Waals surface area contributed by atoms with Crippen molar-refractivity contribution in [3.05, 3.63) is 21.7 Å². The van der Waals surface area contributed by atoms with Crippen molar-refractivity contribution in [3.63, 3.8) is 0 Å². The van der Waals surface area contributed by atoms with Crippen LogP contribution >= 0.6 is 23.4 Å². The molecule has 8 nitrogen and oxygen atoms in total. The average Bonchev–Trinajstić information content (AvgIpc) is 2.34. The van der Waals surface area contributed by atoms with Crippen molar-refractivity contribution < 1.29 is 4.74 Å². The minimum absolute atomic E-state index is 0.000136. The average molecular weight is 315 g/mol. The van der Waals surface area contributed by atoms with Gasteiger partial charge in [-0.15, -0.1) is 0 Å². The first-order valence-corrected chi connectivity index (χ1v) is 6.85. The van der Waals surface area contributed by atoms with Gasteiger partial charge in [0.25, 0.3) is 5.56 Å². The fraction of sp³-hybridized carbons (Fsp3) is 0.300. The van der Waals surface area contributed by atoms with Crippen LogP contribution in [-0.2, 0) is 0 Å². The number of halogens is 1. The van der Waals surface area contributed by atoms with E-state index < -0.39 is 0 Å². The lowest BCUT2D eigenvalue weighted by Crippen LogP contribution is -2.09. The van der Waals surface area contributed by atoms with Crippen LogP contribution in [0.2, 0.25) is 5.28 Å². The number of rotatable bonds is 5. The largest absolute Gasteiger partial charge is 0.463 e. The topological polar surface area (TPSA) is 120 Å². The summed E-state index contributed by atoms with van der Waals surface area (Å²) in [6, 6.07) is 1.31. The van der Waals surface area contributed by atoms with Crippen LogP contribution in [0, 0.1) is 0 Å². The molecule has 0 aliphatic carbocycles. The van der Waals surface area contributed by atoms with Crippen LogP contribution in [0.3, 0.4) is 0 Å². The van der Waals surface area contributed by atoms with Crippen LogP contribution in [-0.4, -0.2) is 31.5 Å². The van der Waals surface area contributed by atoms with Crippen LogP contribution < -0.4 is 16.0 Å². The standard InChI is InChI=1S/C10H11ClN6O2S/c1-2-3-19-8-15-7(11)16-10(17-8)20-9-13-5(12)4-6(18)14-9/h4H,2-3H2,1H3,(H3,12,13,14,18). The Morgan fingerprint density at radius 3 is 2.90 bits per heavy atom. The van der Waals surface area contributed by atoms with Crippen LogP contribution in [0.1, 0.15) is 13.3 Å². The summed E-state index contributed by atoms with van der Waals surface area (Å²) in [5.41, 5.74) is 5.13. The zero-order chi connectivity index (χ0) is 14.5. The van der Waals surface area contributed by atoms with Gasteiger partial charge in [0.05, 0.1) is 6.61 Å². The highest BCUT2D eigenvalue weighted by atomic mass is 35.5. The second kappa shape index (κ2) is 6.53. The van der Waals surface area contributed by atoms with Gasteiger partial charge in [0, 0.05) is 6.07 Å². The SMILES string of the molecule is CCCOc1nc(Cl)nc(Sc2nc(N)cc(=O)[nH]2)n1. The molecule has 0 spiro atoms. The second-order valence-electron chi connectivity index (χ2n) is 3.60. The molecule has 0 aliphatic rings. The third-order valence-corrected chi connectivity index (χ3v) is 2.85. The highest BCUT2D eigenvalue weighted by molar-refractivity contribution is 7.99. The number of nitrogens with zero attached hydrogens (tertiary/aromatic N) is 4. The van der Waals surface area contributed by atoms with Crippen LogP contribution in [0.15, 0.2) is 21.2 Å². The molecule has 0 saturated heterocycles. The zero-order valence-corrected chi connectivity index (χ0v) is 12.0. The predicted molar refractivity (Wildman–Crippen MR) is 74.0 cm³/mol. The summed E-state index contributed by atoms with van der Waals surface area (Å²) in [4.78, 5) is 29.6. The van der Waals surface area contributed by atoms with Gasteiger partial charge in [-0.05, 0) is 29.8 Å². The smallest absolute Gasteiger partial charge is 0.321 e. The molecule has 2 aromatic rings. The van der Waals surface area contributed by atoms with E-state index in [0.29, 0.717) is 6.61 Å². The third-order valence-electron chi connectivity index (χ3n) is 1.93. The van der Waals surface area contributed by atoms with Gasteiger partial charge in [-0.3, -0.25) is 4.79 Å². The Hall–Kier alpha value is -1.87. The molecular formula is C10H11ClN6O2S. The molecule has 2 rings (SSSR count). The quantitative estimate of drug-likeness (QED) is 0.788. The van der Waals surface area contributed by atoms with E-state index in [0.717, 1.165) is 18.2 Å². The Labute approximate surface area is 123 Å². The van der Waals surface area contributed by atoms with E-state index in [1.165, 1.54) is 6.07 Å². The van der Waals surface area contributed by atoms with Gasteiger partial charge in [-0.1, -0.05) is 6.92 Å². The Morgan fingerprint density at radius 2 is 2.20 bits per heavy atom. The number of hydrogen-bond donors (Lipinski definition) is 2. The molecule has 0 amide bonds. The number of nitrogen functional groups attached to an aromatic ring is 1.